The van der Waals surface area contributed by atoms with Crippen molar-refractivity contribution in [2.75, 3.05) is 0 Å². The van der Waals surface area contributed by atoms with Gasteiger partial charge >= 0.3 is 6.18 Å². The number of pyridine rings is 1. The van der Waals surface area contributed by atoms with Crippen molar-refractivity contribution in [1.82, 2.24) is 9.38 Å². The number of Topliss-reactive ketones (excluding diaryl/α,β-unsaturated/α-hetero) is 1. The van der Waals surface area contributed by atoms with Crippen molar-refractivity contribution in [2.45, 2.75) is 24.9 Å². The standard InChI is InChI=1S/C12H8BrF3N2O/c13-7-2-1-5-18-9(7)8(10(19)12(14,15)16)17-11(18)6-3-4-6/h1-2,5-6H,3-4H2. The topological polar surface area (TPSA) is 34.4 Å². The Morgan fingerprint density at radius 2 is 2.11 bits per heavy atom. The van der Waals surface area contributed by atoms with Gasteiger partial charge in [0.2, 0.25) is 0 Å². The fraction of sp³-hybridized carbons (Fsp3) is 0.333. The number of halogens is 4. The first-order chi connectivity index (χ1) is 8.89. The number of imidazole rings is 1. The summed E-state index contributed by atoms with van der Waals surface area (Å²) < 4.78 is 39.8. The monoisotopic (exact) mass is 332 g/mol. The Labute approximate surface area is 114 Å². The van der Waals surface area contributed by atoms with Crippen LogP contribution in [0.4, 0.5) is 13.2 Å². The second kappa shape index (κ2) is 4.06. The molecule has 1 aliphatic rings. The van der Waals surface area contributed by atoms with Crippen LogP contribution in [-0.2, 0) is 0 Å². The molecule has 0 saturated heterocycles. The average Bonchev–Trinajstić information content (AvgIpc) is 3.09. The molecular formula is C12H8BrF3N2O. The highest BCUT2D eigenvalue weighted by molar-refractivity contribution is 9.10. The van der Waals surface area contributed by atoms with Crippen LogP contribution in [0.3, 0.4) is 0 Å². The molecule has 2 aromatic heterocycles. The van der Waals surface area contributed by atoms with E-state index in [9.17, 15) is 18.0 Å². The van der Waals surface area contributed by atoms with Crippen molar-refractivity contribution in [2.24, 2.45) is 0 Å². The predicted molar refractivity (Wildman–Crippen MR) is 65.3 cm³/mol. The largest absolute Gasteiger partial charge is 0.456 e. The minimum Gasteiger partial charge on any atom is -0.302 e. The van der Waals surface area contributed by atoms with E-state index in [2.05, 4.69) is 20.9 Å². The molecule has 0 spiro atoms. The zero-order valence-electron chi connectivity index (χ0n) is 9.54. The molecule has 1 saturated carbocycles. The van der Waals surface area contributed by atoms with Gasteiger partial charge in [0.25, 0.3) is 5.78 Å². The second-order valence-electron chi connectivity index (χ2n) is 4.49. The summed E-state index contributed by atoms with van der Waals surface area (Å²) in [6.07, 6.45) is -1.49. The van der Waals surface area contributed by atoms with Crippen LogP contribution >= 0.6 is 15.9 Å². The lowest BCUT2D eigenvalue weighted by Gasteiger charge is -2.03. The lowest BCUT2D eigenvalue weighted by Crippen LogP contribution is -2.23. The molecule has 0 aromatic carbocycles. The third kappa shape index (κ3) is 2.05. The zero-order valence-corrected chi connectivity index (χ0v) is 11.1. The summed E-state index contributed by atoms with van der Waals surface area (Å²) in [6, 6.07) is 3.30. The van der Waals surface area contributed by atoms with Crippen molar-refractivity contribution in [3.05, 3.63) is 34.3 Å². The van der Waals surface area contributed by atoms with Gasteiger partial charge in [0.15, 0.2) is 0 Å². The zero-order chi connectivity index (χ0) is 13.8. The Balaban J connectivity index is 2.27. The second-order valence-corrected chi connectivity index (χ2v) is 5.35. The van der Waals surface area contributed by atoms with Crippen molar-refractivity contribution in [3.8, 4) is 0 Å². The maximum absolute atomic E-state index is 12.6. The minimum absolute atomic E-state index is 0.150. The normalized spacial score (nSPS) is 16.0. The Kier molecular flexibility index (Phi) is 2.70. The number of ketones is 1. The molecule has 1 aliphatic carbocycles. The van der Waals surface area contributed by atoms with E-state index in [0.29, 0.717) is 10.3 Å². The number of rotatable bonds is 2. The molecule has 0 N–H and O–H groups in total. The van der Waals surface area contributed by atoms with Crippen molar-refractivity contribution >= 4 is 27.2 Å². The molecule has 3 rings (SSSR count). The van der Waals surface area contributed by atoms with E-state index in [1.54, 1.807) is 22.7 Å². The van der Waals surface area contributed by atoms with Gasteiger partial charge in [0.1, 0.15) is 11.5 Å². The molecule has 0 aliphatic heterocycles. The van der Waals surface area contributed by atoms with Crippen LogP contribution in [0.5, 0.6) is 0 Å². The van der Waals surface area contributed by atoms with Crippen molar-refractivity contribution in [1.29, 1.82) is 0 Å². The molecule has 0 bridgehead atoms. The predicted octanol–water partition coefficient (Wildman–Crippen LogP) is 3.72. The SMILES string of the molecule is O=C(c1nc(C2CC2)n2cccc(Br)c12)C(F)(F)F. The molecule has 7 heteroatoms. The number of hydrogen-bond acceptors (Lipinski definition) is 2. The van der Waals surface area contributed by atoms with E-state index in [0.717, 1.165) is 12.8 Å². The molecule has 2 aromatic rings. The smallest absolute Gasteiger partial charge is 0.302 e. The number of carbonyl (C=O) groups excluding carboxylic acids is 1. The van der Waals surface area contributed by atoms with Gasteiger partial charge in [-0.2, -0.15) is 13.2 Å². The molecule has 100 valence electrons. The summed E-state index contributed by atoms with van der Waals surface area (Å²) in [5.41, 5.74) is -0.339. The van der Waals surface area contributed by atoms with Gasteiger partial charge in [-0.15, -0.1) is 0 Å². The number of alkyl halides is 3. The van der Waals surface area contributed by atoms with Crippen molar-refractivity contribution in [3.63, 3.8) is 0 Å². The molecule has 2 heterocycles. The molecule has 0 amide bonds. The molecule has 19 heavy (non-hydrogen) atoms. The van der Waals surface area contributed by atoms with Crippen molar-refractivity contribution < 1.29 is 18.0 Å². The first-order valence-corrected chi connectivity index (χ1v) is 6.47. The molecular weight excluding hydrogens is 325 g/mol. The number of aromatic nitrogens is 2. The molecule has 0 radical (unpaired) electrons. The van der Waals surface area contributed by atoms with Gasteiger partial charge in [-0.1, -0.05) is 0 Å². The minimum atomic E-state index is -4.91. The Morgan fingerprint density at radius 1 is 1.42 bits per heavy atom. The van der Waals surface area contributed by atoms with E-state index in [4.69, 9.17) is 0 Å². The van der Waals surface area contributed by atoms with E-state index < -0.39 is 17.7 Å². The molecule has 3 nitrogen and oxygen atoms in total. The van der Waals surface area contributed by atoms with Crippen LogP contribution in [0.1, 0.15) is 35.1 Å². The highest BCUT2D eigenvalue weighted by atomic mass is 79.9. The van der Waals surface area contributed by atoms with Gasteiger partial charge in [-0.05, 0) is 40.9 Å². The highest BCUT2D eigenvalue weighted by Gasteiger charge is 2.43. The molecule has 1 fully saturated rings. The third-order valence-corrected chi connectivity index (χ3v) is 3.70. The number of carbonyl (C=O) groups is 1. The molecule has 0 unspecified atom stereocenters. The van der Waals surface area contributed by atoms with E-state index in [1.807, 2.05) is 0 Å². The first-order valence-electron chi connectivity index (χ1n) is 5.67. The van der Waals surface area contributed by atoms with E-state index in [1.165, 1.54) is 0 Å². The third-order valence-electron chi connectivity index (χ3n) is 3.06. The summed E-state index contributed by atoms with van der Waals surface area (Å²) in [7, 11) is 0. The van der Waals surface area contributed by atoms with Crippen LogP contribution in [0.25, 0.3) is 5.52 Å². The van der Waals surface area contributed by atoms with Gasteiger partial charge in [0.05, 0.1) is 5.52 Å². The van der Waals surface area contributed by atoms with Gasteiger partial charge in [-0.25, -0.2) is 4.98 Å². The maximum Gasteiger partial charge on any atom is 0.456 e. The fourth-order valence-corrected chi connectivity index (χ4v) is 2.58. The van der Waals surface area contributed by atoms with Crippen LogP contribution in [0.2, 0.25) is 0 Å². The summed E-state index contributed by atoms with van der Waals surface area (Å²) in [4.78, 5) is 15.4. The number of nitrogens with zero attached hydrogens (tertiary/aromatic N) is 2. The Bertz CT molecular complexity index is 673. The quantitative estimate of drug-likeness (QED) is 0.785. The summed E-state index contributed by atoms with van der Waals surface area (Å²) in [6.45, 7) is 0. The van der Waals surface area contributed by atoms with Gasteiger partial charge in [-0.3, -0.25) is 4.79 Å². The lowest BCUT2D eigenvalue weighted by molar-refractivity contribution is -0.0887. The van der Waals surface area contributed by atoms with Crippen LogP contribution in [-0.4, -0.2) is 21.3 Å². The highest BCUT2D eigenvalue weighted by Crippen LogP contribution is 2.41. The van der Waals surface area contributed by atoms with Gasteiger partial charge < -0.3 is 4.40 Å². The first kappa shape index (κ1) is 12.7. The van der Waals surface area contributed by atoms with E-state index >= 15 is 0 Å². The van der Waals surface area contributed by atoms with Crippen LogP contribution in [0.15, 0.2) is 22.8 Å². The van der Waals surface area contributed by atoms with Crippen LogP contribution in [0, 0.1) is 0 Å². The maximum atomic E-state index is 12.6. The summed E-state index contributed by atoms with van der Waals surface area (Å²) in [5.74, 6) is -1.22. The Morgan fingerprint density at radius 3 is 2.68 bits per heavy atom. The lowest BCUT2D eigenvalue weighted by atomic mass is 10.2. The number of fused-ring (bicyclic) bond motifs is 1. The number of hydrogen-bond donors (Lipinski definition) is 0. The molecule has 0 atom stereocenters. The van der Waals surface area contributed by atoms with E-state index in [-0.39, 0.29) is 11.4 Å². The Hall–Kier alpha value is -1.37. The average molecular weight is 333 g/mol. The fourth-order valence-electron chi connectivity index (χ4n) is 2.04. The van der Waals surface area contributed by atoms with Crippen LogP contribution < -0.4 is 0 Å². The summed E-state index contributed by atoms with van der Waals surface area (Å²) in [5, 5.41) is 0. The van der Waals surface area contributed by atoms with Gasteiger partial charge in [0, 0.05) is 16.6 Å². The summed E-state index contributed by atoms with van der Waals surface area (Å²) >= 11 is 3.19.